The fourth-order valence-electron chi connectivity index (χ4n) is 2.69. The van der Waals surface area contributed by atoms with E-state index in [9.17, 15) is 14.4 Å². The second kappa shape index (κ2) is 7.60. The third-order valence-corrected chi connectivity index (χ3v) is 4.04. The second-order valence-electron chi connectivity index (χ2n) is 5.69. The number of nitrogens with zero attached hydrogens (tertiary/aromatic N) is 4. The number of amides is 3. The average molecular weight is 354 g/mol. The van der Waals surface area contributed by atoms with Crippen molar-refractivity contribution in [3.63, 3.8) is 0 Å². The molecule has 1 aromatic heterocycles. The lowest BCUT2D eigenvalue weighted by molar-refractivity contribution is -0.143. The van der Waals surface area contributed by atoms with Crippen molar-refractivity contribution < 1.29 is 14.4 Å². The summed E-state index contributed by atoms with van der Waals surface area (Å²) >= 11 is 0. The van der Waals surface area contributed by atoms with Crippen LogP contribution in [0.4, 0.5) is 11.6 Å². The molecule has 3 N–H and O–H groups in total. The van der Waals surface area contributed by atoms with Gasteiger partial charge in [-0.15, -0.1) is 0 Å². The van der Waals surface area contributed by atoms with Crippen LogP contribution < -0.4 is 16.0 Å². The SMILES string of the molecule is NC(=O)c1ccccc1NC(=O)C(=O)N1CCN(c2ncccn2)CC1. The van der Waals surface area contributed by atoms with Crippen LogP contribution in [0.1, 0.15) is 10.4 Å². The Labute approximate surface area is 149 Å². The molecular weight excluding hydrogens is 336 g/mol. The van der Waals surface area contributed by atoms with Crippen LogP contribution in [0.25, 0.3) is 0 Å². The summed E-state index contributed by atoms with van der Waals surface area (Å²) in [7, 11) is 0. The van der Waals surface area contributed by atoms with E-state index in [1.54, 1.807) is 30.6 Å². The van der Waals surface area contributed by atoms with E-state index in [-0.39, 0.29) is 11.3 Å². The van der Waals surface area contributed by atoms with Crippen LogP contribution in [0.3, 0.4) is 0 Å². The van der Waals surface area contributed by atoms with Gasteiger partial charge in [0, 0.05) is 38.6 Å². The summed E-state index contributed by atoms with van der Waals surface area (Å²) in [4.78, 5) is 47.8. The van der Waals surface area contributed by atoms with E-state index in [1.807, 2.05) is 4.90 Å². The molecule has 1 fully saturated rings. The molecule has 1 aliphatic rings. The van der Waals surface area contributed by atoms with Crippen LogP contribution in [-0.2, 0) is 9.59 Å². The van der Waals surface area contributed by atoms with Crippen molar-refractivity contribution in [1.29, 1.82) is 0 Å². The van der Waals surface area contributed by atoms with Gasteiger partial charge < -0.3 is 20.9 Å². The first-order valence-corrected chi connectivity index (χ1v) is 8.07. The van der Waals surface area contributed by atoms with Crippen LogP contribution in [-0.4, -0.2) is 58.8 Å². The summed E-state index contributed by atoms with van der Waals surface area (Å²) in [5, 5.41) is 2.46. The van der Waals surface area contributed by atoms with E-state index in [0.29, 0.717) is 32.1 Å². The zero-order chi connectivity index (χ0) is 18.5. The normalized spacial score (nSPS) is 14.0. The lowest BCUT2D eigenvalue weighted by Gasteiger charge is -2.34. The summed E-state index contributed by atoms with van der Waals surface area (Å²) in [5.74, 6) is -1.54. The number of hydrogen-bond acceptors (Lipinski definition) is 6. The van der Waals surface area contributed by atoms with Gasteiger partial charge in [-0.05, 0) is 18.2 Å². The van der Waals surface area contributed by atoms with E-state index in [1.165, 1.54) is 17.0 Å². The number of benzene rings is 1. The fraction of sp³-hybridized carbons (Fsp3) is 0.235. The highest BCUT2D eigenvalue weighted by molar-refractivity contribution is 6.39. The van der Waals surface area contributed by atoms with Crippen LogP contribution in [0.5, 0.6) is 0 Å². The number of rotatable bonds is 3. The van der Waals surface area contributed by atoms with Gasteiger partial charge in [-0.3, -0.25) is 14.4 Å². The van der Waals surface area contributed by atoms with Gasteiger partial charge in [0.15, 0.2) is 0 Å². The standard InChI is InChI=1S/C17H18N6O3/c18-14(24)12-4-1-2-5-13(12)21-15(25)16(26)22-8-10-23(11-9-22)17-19-6-3-7-20-17/h1-7H,8-11H2,(H2,18,24)(H,21,25). The quantitative estimate of drug-likeness (QED) is 0.740. The Bertz CT molecular complexity index is 818. The number of piperazine rings is 1. The molecule has 134 valence electrons. The van der Waals surface area contributed by atoms with Crippen molar-refractivity contribution in [1.82, 2.24) is 14.9 Å². The molecule has 1 aromatic carbocycles. The Kier molecular flexibility index (Phi) is 5.07. The minimum absolute atomic E-state index is 0.152. The van der Waals surface area contributed by atoms with E-state index in [2.05, 4.69) is 15.3 Å². The van der Waals surface area contributed by atoms with Gasteiger partial charge in [-0.25, -0.2) is 9.97 Å². The molecule has 0 spiro atoms. The Morgan fingerprint density at radius 3 is 2.27 bits per heavy atom. The van der Waals surface area contributed by atoms with Gasteiger partial charge in [0.1, 0.15) is 0 Å². The fourth-order valence-corrected chi connectivity index (χ4v) is 2.69. The summed E-state index contributed by atoms with van der Waals surface area (Å²) in [6.07, 6.45) is 3.31. The Balaban J connectivity index is 1.60. The number of nitrogens with one attached hydrogen (secondary N) is 1. The van der Waals surface area contributed by atoms with Crippen LogP contribution in [0.2, 0.25) is 0 Å². The third kappa shape index (κ3) is 3.77. The number of carbonyl (C=O) groups is 3. The molecule has 9 heteroatoms. The maximum Gasteiger partial charge on any atom is 0.313 e. The lowest BCUT2D eigenvalue weighted by atomic mass is 10.1. The molecule has 0 atom stereocenters. The number of carbonyl (C=O) groups excluding carboxylic acids is 3. The lowest BCUT2D eigenvalue weighted by Crippen LogP contribution is -2.52. The Morgan fingerprint density at radius 2 is 1.62 bits per heavy atom. The third-order valence-electron chi connectivity index (χ3n) is 4.04. The summed E-state index contributed by atoms with van der Waals surface area (Å²) in [5.41, 5.74) is 5.65. The van der Waals surface area contributed by atoms with E-state index >= 15 is 0 Å². The zero-order valence-electron chi connectivity index (χ0n) is 14.0. The second-order valence-corrected chi connectivity index (χ2v) is 5.69. The molecule has 2 aromatic rings. The van der Waals surface area contributed by atoms with Crippen LogP contribution in [0.15, 0.2) is 42.7 Å². The number of nitrogens with two attached hydrogens (primary N) is 1. The van der Waals surface area contributed by atoms with Crippen LogP contribution in [0, 0.1) is 0 Å². The average Bonchev–Trinajstić information content (AvgIpc) is 2.68. The molecule has 0 radical (unpaired) electrons. The molecule has 3 rings (SSSR count). The molecule has 9 nitrogen and oxygen atoms in total. The van der Waals surface area contributed by atoms with E-state index in [0.717, 1.165) is 0 Å². The molecule has 3 amide bonds. The first-order chi connectivity index (χ1) is 12.6. The molecule has 0 aliphatic carbocycles. The predicted octanol–water partition coefficient (Wildman–Crippen LogP) is -0.137. The first kappa shape index (κ1) is 17.3. The highest BCUT2D eigenvalue weighted by Gasteiger charge is 2.27. The Hall–Kier alpha value is -3.49. The van der Waals surface area contributed by atoms with Crippen LogP contribution >= 0.6 is 0 Å². The predicted molar refractivity (Wildman–Crippen MR) is 94.4 cm³/mol. The maximum absolute atomic E-state index is 12.4. The van der Waals surface area contributed by atoms with Gasteiger partial charge in [0.25, 0.3) is 5.91 Å². The molecule has 0 saturated carbocycles. The van der Waals surface area contributed by atoms with Crippen molar-refractivity contribution in [2.24, 2.45) is 5.73 Å². The minimum atomic E-state index is -0.803. The van der Waals surface area contributed by atoms with Gasteiger partial charge in [-0.1, -0.05) is 12.1 Å². The number of primary amides is 1. The number of hydrogen-bond donors (Lipinski definition) is 2. The highest BCUT2D eigenvalue weighted by atomic mass is 16.2. The monoisotopic (exact) mass is 354 g/mol. The van der Waals surface area contributed by atoms with Crippen molar-refractivity contribution >= 4 is 29.4 Å². The largest absolute Gasteiger partial charge is 0.366 e. The maximum atomic E-state index is 12.4. The minimum Gasteiger partial charge on any atom is -0.366 e. The molecule has 1 aliphatic heterocycles. The summed E-state index contributed by atoms with van der Waals surface area (Å²) < 4.78 is 0. The molecule has 26 heavy (non-hydrogen) atoms. The highest BCUT2D eigenvalue weighted by Crippen LogP contribution is 2.15. The molecule has 1 saturated heterocycles. The van der Waals surface area contributed by atoms with Gasteiger partial charge in [-0.2, -0.15) is 0 Å². The van der Waals surface area contributed by atoms with Gasteiger partial charge in [0.05, 0.1) is 11.3 Å². The summed E-state index contributed by atoms with van der Waals surface area (Å²) in [6.45, 7) is 1.81. The van der Waals surface area contributed by atoms with Crippen molar-refractivity contribution in [3.8, 4) is 0 Å². The first-order valence-electron chi connectivity index (χ1n) is 8.07. The van der Waals surface area contributed by atoms with Crippen molar-refractivity contribution in [2.45, 2.75) is 0 Å². The Morgan fingerprint density at radius 1 is 0.962 bits per heavy atom. The van der Waals surface area contributed by atoms with Crippen molar-refractivity contribution in [3.05, 3.63) is 48.3 Å². The number of anilines is 2. The van der Waals surface area contributed by atoms with Gasteiger partial charge in [0.2, 0.25) is 5.95 Å². The number of para-hydroxylation sites is 1. The smallest absolute Gasteiger partial charge is 0.313 e. The van der Waals surface area contributed by atoms with E-state index < -0.39 is 17.7 Å². The molecule has 0 bridgehead atoms. The molecule has 0 unspecified atom stereocenters. The zero-order valence-corrected chi connectivity index (χ0v) is 14.0. The van der Waals surface area contributed by atoms with Crippen molar-refractivity contribution in [2.75, 3.05) is 36.4 Å². The van der Waals surface area contributed by atoms with Gasteiger partial charge >= 0.3 is 11.8 Å². The van der Waals surface area contributed by atoms with E-state index in [4.69, 9.17) is 5.73 Å². The summed E-state index contributed by atoms with van der Waals surface area (Å²) in [6, 6.07) is 8.02. The molecular formula is C17H18N6O3. The molecule has 2 heterocycles. The number of aromatic nitrogens is 2. The topological polar surface area (TPSA) is 122 Å².